The Hall–Kier alpha value is -1.28. The summed E-state index contributed by atoms with van der Waals surface area (Å²) in [6.45, 7) is 3.91. The van der Waals surface area contributed by atoms with Gasteiger partial charge in [-0.25, -0.2) is 0 Å². The summed E-state index contributed by atoms with van der Waals surface area (Å²) in [4.78, 5) is 0. The van der Waals surface area contributed by atoms with Gasteiger partial charge in [0.05, 0.1) is 6.61 Å². The van der Waals surface area contributed by atoms with Gasteiger partial charge in [0.1, 0.15) is 5.75 Å². The van der Waals surface area contributed by atoms with Crippen molar-refractivity contribution < 1.29 is 10.2 Å². The van der Waals surface area contributed by atoms with E-state index in [9.17, 15) is 5.11 Å². The van der Waals surface area contributed by atoms with Gasteiger partial charge in [-0.2, -0.15) is 0 Å². The average Bonchev–Trinajstić information content (AvgIpc) is 2.02. The van der Waals surface area contributed by atoms with Crippen molar-refractivity contribution in [2.75, 3.05) is 6.61 Å². The van der Waals surface area contributed by atoms with Gasteiger partial charge in [-0.05, 0) is 42.7 Å². The number of aliphatic hydroxyl groups is 1. The van der Waals surface area contributed by atoms with E-state index in [2.05, 4.69) is 0 Å². The normalized spacial score (nSPS) is 11.0. The highest BCUT2D eigenvalue weighted by Gasteiger charge is 2.00. The quantitative estimate of drug-likeness (QED) is 0.727. The van der Waals surface area contributed by atoms with Crippen LogP contribution in [0, 0.1) is 13.8 Å². The van der Waals surface area contributed by atoms with Crippen LogP contribution < -0.4 is 0 Å². The molecule has 1 aromatic carbocycles. The third-order valence-electron chi connectivity index (χ3n) is 1.97. The minimum Gasteiger partial charge on any atom is -0.508 e. The van der Waals surface area contributed by atoms with Crippen molar-refractivity contribution in [3.63, 3.8) is 0 Å². The Labute approximate surface area is 78.2 Å². The summed E-state index contributed by atoms with van der Waals surface area (Å²) in [5.41, 5.74) is 3.09. The van der Waals surface area contributed by atoms with E-state index in [1.54, 1.807) is 18.2 Å². The monoisotopic (exact) mass is 178 g/mol. The molecule has 0 spiro atoms. The fraction of sp³-hybridized carbons (Fsp3) is 0.273. The highest BCUT2D eigenvalue weighted by Crippen LogP contribution is 2.21. The summed E-state index contributed by atoms with van der Waals surface area (Å²) in [6.07, 6.45) is 3.55. The molecule has 0 unspecified atom stereocenters. The number of hydrogen-bond donors (Lipinski definition) is 2. The molecule has 2 nitrogen and oxygen atoms in total. The largest absolute Gasteiger partial charge is 0.508 e. The van der Waals surface area contributed by atoms with Crippen molar-refractivity contribution >= 4 is 6.08 Å². The first-order chi connectivity index (χ1) is 6.15. The van der Waals surface area contributed by atoms with Gasteiger partial charge in [-0.3, -0.25) is 0 Å². The molecule has 70 valence electrons. The van der Waals surface area contributed by atoms with E-state index in [1.165, 1.54) is 0 Å². The Kier molecular flexibility index (Phi) is 3.09. The maximum Gasteiger partial charge on any atom is 0.116 e. The number of aromatic hydroxyl groups is 1. The van der Waals surface area contributed by atoms with Crippen LogP contribution in [-0.4, -0.2) is 16.8 Å². The number of benzene rings is 1. The first kappa shape index (κ1) is 9.81. The number of phenols is 1. The molecule has 0 saturated carbocycles. The van der Waals surface area contributed by atoms with E-state index < -0.39 is 0 Å². The molecule has 2 heteroatoms. The lowest BCUT2D eigenvalue weighted by Gasteiger charge is -2.05. The van der Waals surface area contributed by atoms with Crippen LogP contribution in [0.1, 0.15) is 16.7 Å². The molecule has 0 radical (unpaired) electrons. The second-order valence-electron chi connectivity index (χ2n) is 3.08. The predicted molar refractivity (Wildman–Crippen MR) is 53.7 cm³/mol. The van der Waals surface area contributed by atoms with E-state index in [1.807, 2.05) is 19.9 Å². The van der Waals surface area contributed by atoms with Crippen molar-refractivity contribution in [3.05, 3.63) is 34.9 Å². The van der Waals surface area contributed by atoms with E-state index in [4.69, 9.17) is 5.11 Å². The lowest BCUT2D eigenvalue weighted by molar-refractivity contribution is 0.343. The zero-order valence-electron chi connectivity index (χ0n) is 7.91. The lowest BCUT2D eigenvalue weighted by Crippen LogP contribution is -1.86. The maximum atomic E-state index is 9.27. The van der Waals surface area contributed by atoms with Gasteiger partial charge in [-0.15, -0.1) is 0 Å². The first-order valence-electron chi connectivity index (χ1n) is 4.22. The summed E-state index contributed by atoms with van der Waals surface area (Å²) in [6, 6.07) is 3.42. The predicted octanol–water partition coefficient (Wildman–Crippen LogP) is 2.01. The van der Waals surface area contributed by atoms with E-state index in [0.717, 1.165) is 16.7 Å². The van der Waals surface area contributed by atoms with Crippen LogP contribution in [0.5, 0.6) is 5.75 Å². The molecule has 0 amide bonds. The second-order valence-corrected chi connectivity index (χ2v) is 3.08. The third-order valence-corrected chi connectivity index (χ3v) is 1.97. The van der Waals surface area contributed by atoms with Gasteiger partial charge < -0.3 is 10.2 Å². The summed E-state index contributed by atoms with van der Waals surface area (Å²) in [7, 11) is 0. The first-order valence-corrected chi connectivity index (χ1v) is 4.22. The molecule has 1 rings (SSSR count). The molecule has 0 fully saturated rings. The lowest BCUT2D eigenvalue weighted by atomic mass is 10.0. The van der Waals surface area contributed by atoms with Crippen molar-refractivity contribution in [3.8, 4) is 5.75 Å². The fourth-order valence-electron chi connectivity index (χ4n) is 1.39. The number of phenolic OH excluding ortho intramolecular Hbond substituents is 1. The van der Waals surface area contributed by atoms with Gasteiger partial charge >= 0.3 is 0 Å². The molecule has 0 heterocycles. The highest BCUT2D eigenvalue weighted by atomic mass is 16.3. The summed E-state index contributed by atoms with van der Waals surface area (Å²) in [5.74, 6) is 0.288. The molecule has 0 atom stereocenters. The SMILES string of the molecule is Cc1cc(O)cc(C)c1/C=C/CO. The van der Waals surface area contributed by atoms with Gasteiger partial charge in [0.15, 0.2) is 0 Å². The van der Waals surface area contributed by atoms with Crippen LogP contribution in [0.15, 0.2) is 18.2 Å². The zero-order valence-corrected chi connectivity index (χ0v) is 7.91. The molecule has 2 N–H and O–H groups in total. The summed E-state index contributed by atoms with van der Waals surface area (Å²) < 4.78 is 0. The molecule has 0 saturated heterocycles. The molecule has 13 heavy (non-hydrogen) atoms. The number of rotatable bonds is 2. The Bertz CT molecular complexity index is 304. The maximum absolute atomic E-state index is 9.27. The van der Waals surface area contributed by atoms with Crippen LogP contribution in [-0.2, 0) is 0 Å². The van der Waals surface area contributed by atoms with E-state index in [0.29, 0.717) is 0 Å². The number of aliphatic hydroxyl groups excluding tert-OH is 1. The van der Waals surface area contributed by atoms with Crippen LogP contribution in [0.2, 0.25) is 0 Å². The molecular formula is C11H14O2. The topological polar surface area (TPSA) is 40.5 Å². The minimum absolute atomic E-state index is 0.0414. The van der Waals surface area contributed by atoms with Crippen molar-refractivity contribution in [2.45, 2.75) is 13.8 Å². The molecule has 0 aliphatic rings. The summed E-state index contributed by atoms with van der Waals surface area (Å²) in [5, 5.41) is 17.9. The minimum atomic E-state index is 0.0414. The van der Waals surface area contributed by atoms with Gasteiger partial charge in [0.2, 0.25) is 0 Å². The van der Waals surface area contributed by atoms with Gasteiger partial charge in [0, 0.05) is 0 Å². The number of aryl methyl sites for hydroxylation is 2. The van der Waals surface area contributed by atoms with Gasteiger partial charge in [-0.1, -0.05) is 12.2 Å². The van der Waals surface area contributed by atoms with Crippen LogP contribution in [0.25, 0.3) is 6.08 Å². The van der Waals surface area contributed by atoms with Gasteiger partial charge in [0.25, 0.3) is 0 Å². The van der Waals surface area contributed by atoms with Crippen LogP contribution >= 0.6 is 0 Å². The third kappa shape index (κ3) is 2.33. The zero-order chi connectivity index (χ0) is 9.84. The Morgan fingerprint density at radius 1 is 1.23 bits per heavy atom. The summed E-state index contributed by atoms with van der Waals surface area (Å²) >= 11 is 0. The van der Waals surface area contributed by atoms with Crippen molar-refractivity contribution in [2.24, 2.45) is 0 Å². The van der Waals surface area contributed by atoms with E-state index >= 15 is 0 Å². The van der Waals surface area contributed by atoms with Crippen LogP contribution in [0.3, 0.4) is 0 Å². The highest BCUT2D eigenvalue weighted by molar-refractivity contribution is 5.59. The number of hydrogen-bond acceptors (Lipinski definition) is 2. The smallest absolute Gasteiger partial charge is 0.116 e. The second kappa shape index (κ2) is 4.10. The molecule has 0 aromatic heterocycles. The van der Waals surface area contributed by atoms with E-state index in [-0.39, 0.29) is 12.4 Å². The fourth-order valence-corrected chi connectivity index (χ4v) is 1.39. The Balaban J connectivity index is 3.13. The van der Waals surface area contributed by atoms with Crippen molar-refractivity contribution in [1.82, 2.24) is 0 Å². The standard InChI is InChI=1S/C11H14O2/c1-8-6-10(13)7-9(2)11(8)4-3-5-12/h3-4,6-7,12-13H,5H2,1-2H3/b4-3+. The molecular weight excluding hydrogens is 164 g/mol. The molecule has 1 aromatic rings. The Morgan fingerprint density at radius 3 is 2.23 bits per heavy atom. The average molecular weight is 178 g/mol. The van der Waals surface area contributed by atoms with Crippen molar-refractivity contribution in [1.29, 1.82) is 0 Å². The molecule has 0 bridgehead atoms. The molecule has 0 aliphatic heterocycles. The van der Waals surface area contributed by atoms with Crippen LogP contribution in [0.4, 0.5) is 0 Å². The Morgan fingerprint density at radius 2 is 1.77 bits per heavy atom. The molecule has 0 aliphatic carbocycles.